The van der Waals surface area contributed by atoms with Crippen LogP contribution in [-0.4, -0.2) is 26.0 Å². The van der Waals surface area contributed by atoms with E-state index in [0.717, 1.165) is 30.6 Å². The van der Waals surface area contributed by atoms with Crippen LogP contribution in [0.2, 0.25) is 0 Å². The Labute approximate surface area is 130 Å². The molecule has 0 aliphatic carbocycles. The molecule has 1 rings (SSSR count). The first-order valence-corrected chi connectivity index (χ1v) is 9.57. The summed E-state index contributed by atoms with van der Waals surface area (Å²) in [6.45, 7) is 4.11. The minimum absolute atomic E-state index is 0.0917. The number of carbonyl (C=O) groups is 1. The van der Waals surface area contributed by atoms with Gasteiger partial charge in [-0.25, -0.2) is 17.9 Å². The van der Waals surface area contributed by atoms with Crippen LogP contribution in [0.4, 0.5) is 0 Å². The fourth-order valence-electron chi connectivity index (χ4n) is 2.10. The topological polar surface area (TPSA) is 83.5 Å². The largest absolute Gasteiger partial charge is 0.477 e. The van der Waals surface area contributed by atoms with E-state index < -0.39 is 16.0 Å². The van der Waals surface area contributed by atoms with Gasteiger partial charge in [-0.2, -0.15) is 0 Å². The zero-order valence-electron chi connectivity index (χ0n) is 12.5. The highest BCUT2D eigenvalue weighted by atomic mass is 32.2. The lowest BCUT2D eigenvalue weighted by molar-refractivity contribution is 0.0698. The van der Waals surface area contributed by atoms with Crippen LogP contribution in [-0.2, 0) is 10.0 Å². The predicted molar refractivity (Wildman–Crippen MR) is 84.6 cm³/mol. The fraction of sp³-hybridized carbons (Fsp3) is 0.643. The molecule has 21 heavy (non-hydrogen) atoms. The fourth-order valence-corrected chi connectivity index (χ4v) is 4.80. The molecule has 0 unspecified atom stereocenters. The highest BCUT2D eigenvalue weighted by Crippen LogP contribution is 2.26. The number of carboxylic acids is 1. The van der Waals surface area contributed by atoms with Crippen LogP contribution in [0, 0.1) is 6.92 Å². The molecule has 0 atom stereocenters. The Hall–Kier alpha value is -0.920. The molecule has 1 aromatic rings. The van der Waals surface area contributed by atoms with Gasteiger partial charge in [0, 0.05) is 6.54 Å². The van der Waals surface area contributed by atoms with Crippen molar-refractivity contribution in [3.05, 3.63) is 15.8 Å². The monoisotopic (exact) mass is 333 g/mol. The van der Waals surface area contributed by atoms with Crippen LogP contribution in [0.15, 0.2) is 10.3 Å². The molecule has 0 radical (unpaired) electrons. The van der Waals surface area contributed by atoms with Crippen molar-refractivity contribution in [1.82, 2.24) is 4.72 Å². The first-order valence-electron chi connectivity index (χ1n) is 7.21. The van der Waals surface area contributed by atoms with E-state index in [1.165, 1.54) is 19.3 Å². The molecule has 0 saturated carbocycles. The number of aromatic carboxylic acids is 1. The van der Waals surface area contributed by atoms with Gasteiger partial charge in [-0.3, -0.25) is 0 Å². The van der Waals surface area contributed by atoms with Crippen molar-refractivity contribution in [3.8, 4) is 0 Å². The molecule has 7 heteroatoms. The highest BCUT2D eigenvalue weighted by Gasteiger charge is 2.26. The maximum absolute atomic E-state index is 12.2. The first kappa shape index (κ1) is 18.1. The van der Waals surface area contributed by atoms with Crippen LogP contribution in [0.5, 0.6) is 0 Å². The molecule has 0 aromatic carbocycles. The summed E-state index contributed by atoms with van der Waals surface area (Å²) in [6, 6.07) is 0. The van der Waals surface area contributed by atoms with Crippen molar-refractivity contribution in [2.45, 2.75) is 57.3 Å². The highest BCUT2D eigenvalue weighted by molar-refractivity contribution is 7.89. The Balaban J connectivity index is 2.55. The number of sulfonamides is 1. The Morgan fingerprint density at radius 1 is 1.24 bits per heavy atom. The molecule has 5 nitrogen and oxygen atoms in total. The lowest BCUT2D eigenvalue weighted by Gasteiger charge is -2.07. The van der Waals surface area contributed by atoms with Crippen molar-refractivity contribution >= 4 is 27.3 Å². The second-order valence-electron chi connectivity index (χ2n) is 5.05. The first-order chi connectivity index (χ1) is 9.90. The Bertz CT molecular complexity index is 564. The zero-order chi connectivity index (χ0) is 15.9. The van der Waals surface area contributed by atoms with Crippen molar-refractivity contribution in [3.63, 3.8) is 0 Å². The van der Waals surface area contributed by atoms with Gasteiger partial charge in [0.2, 0.25) is 10.0 Å². The van der Waals surface area contributed by atoms with Crippen molar-refractivity contribution < 1.29 is 18.3 Å². The lowest BCUT2D eigenvalue weighted by Crippen LogP contribution is -2.26. The van der Waals surface area contributed by atoms with Gasteiger partial charge in [0.05, 0.1) is 0 Å². The SMILES string of the molecule is CCCCCCCCNS(=O)(=O)c1c(C)csc1C(=O)O. The molecule has 0 fully saturated rings. The molecular weight excluding hydrogens is 310 g/mol. The number of thiophene rings is 1. The Morgan fingerprint density at radius 2 is 1.86 bits per heavy atom. The summed E-state index contributed by atoms with van der Waals surface area (Å²) >= 11 is 0.945. The molecule has 1 aromatic heterocycles. The second-order valence-corrected chi connectivity index (χ2v) is 7.63. The minimum atomic E-state index is -3.74. The van der Waals surface area contributed by atoms with E-state index >= 15 is 0 Å². The third kappa shape index (κ3) is 5.41. The summed E-state index contributed by atoms with van der Waals surface area (Å²) in [5, 5.41) is 10.6. The summed E-state index contributed by atoms with van der Waals surface area (Å²) in [6.07, 6.45) is 6.43. The summed E-state index contributed by atoms with van der Waals surface area (Å²) < 4.78 is 26.9. The third-order valence-corrected chi connectivity index (χ3v) is 6.07. The van der Waals surface area contributed by atoms with Crippen molar-refractivity contribution in [1.29, 1.82) is 0 Å². The smallest absolute Gasteiger partial charge is 0.347 e. The number of hydrogen-bond donors (Lipinski definition) is 2. The van der Waals surface area contributed by atoms with E-state index in [9.17, 15) is 13.2 Å². The van der Waals surface area contributed by atoms with Gasteiger partial charge in [0.25, 0.3) is 0 Å². The summed E-state index contributed by atoms with van der Waals surface area (Å²) in [5.41, 5.74) is 0.479. The zero-order valence-corrected chi connectivity index (χ0v) is 14.1. The van der Waals surface area contributed by atoms with Gasteiger partial charge >= 0.3 is 5.97 Å². The number of aryl methyl sites for hydroxylation is 1. The molecule has 2 N–H and O–H groups in total. The molecule has 0 aliphatic rings. The average Bonchev–Trinajstić information content (AvgIpc) is 2.80. The van der Waals surface area contributed by atoms with Gasteiger partial charge < -0.3 is 5.11 Å². The Morgan fingerprint density at radius 3 is 2.48 bits per heavy atom. The van der Waals surface area contributed by atoms with Crippen molar-refractivity contribution in [2.24, 2.45) is 0 Å². The van der Waals surface area contributed by atoms with E-state index in [2.05, 4.69) is 11.6 Å². The van der Waals surface area contributed by atoms with Gasteiger partial charge in [0.15, 0.2) is 0 Å². The normalized spacial score (nSPS) is 11.7. The lowest BCUT2D eigenvalue weighted by atomic mass is 10.1. The quantitative estimate of drug-likeness (QED) is 0.643. The van der Waals surface area contributed by atoms with Gasteiger partial charge in [-0.1, -0.05) is 39.0 Å². The predicted octanol–water partition coefficient (Wildman–Crippen LogP) is 3.39. The van der Waals surface area contributed by atoms with E-state index in [-0.39, 0.29) is 9.77 Å². The Kier molecular flexibility index (Phi) is 7.34. The molecule has 0 aliphatic heterocycles. The standard InChI is InChI=1S/C14H23NO4S2/c1-3-4-5-6-7-8-9-15-21(18,19)13-11(2)10-20-12(13)14(16)17/h10,15H,3-9H2,1-2H3,(H,16,17). The molecule has 0 saturated heterocycles. The molecule has 0 spiro atoms. The number of rotatable bonds is 10. The number of hydrogen-bond acceptors (Lipinski definition) is 4. The maximum atomic E-state index is 12.2. The van der Waals surface area contributed by atoms with Gasteiger partial charge in [-0.15, -0.1) is 11.3 Å². The molecule has 1 heterocycles. The van der Waals surface area contributed by atoms with Crippen LogP contribution in [0.25, 0.3) is 0 Å². The van der Waals surface area contributed by atoms with E-state index in [4.69, 9.17) is 5.11 Å². The summed E-state index contributed by atoms with van der Waals surface area (Å²) in [7, 11) is -3.74. The van der Waals surface area contributed by atoms with Gasteiger partial charge in [-0.05, 0) is 24.3 Å². The number of nitrogens with one attached hydrogen (secondary N) is 1. The number of unbranched alkanes of at least 4 members (excludes halogenated alkanes) is 5. The molecule has 0 bridgehead atoms. The van der Waals surface area contributed by atoms with Gasteiger partial charge in [0.1, 0.15) is 9.77 Å². The third-order valence-electron chi connectivity index (χ3n) is 3.20. The second kappa shape index (κ2) is 8.51. The van der Waals surface area contributed by atoms with E-state index in [0.29, 0.717) is 12.1 Å². The minimum Gasteiger partial charge on any atom is -0.477 e. The van der Waals surface area contributed by atoms with Crippen LogP contribution < -0.4 is 4.72 Å². The summed E-state index contributed by atoms with van der Waals surface area (Å²) in [5.74, 6) is -1.20. The molecule has 0 amide bonds. The van der Waals surface area contributed by atoms with E-state index in [1.54, 1.807) is 12.3 Å². The average molecular weight is 333 g/mol. The summed E-state index contributed by atoms with van der Waals surface area (Å²) in [4.78, 5) is 10.9. The molecule has 120 valence electrons. The van der Waals surface area contributed by atoms with Crippen LogP contribution in [0.1, 0.15) is 60.7 Å². The van der Waals surface area contributed by atoms with Crippen LogP contribution >= 0.6 is 11.3 Å². The van der Waals surface area contributed by atoms with Crippen molar-refractivity contribution in [2.75, 3.05) is 6.54 Å². The molecular formula is C14H23NO4S2. The van der Waals surface area contributed by atoms with E-state index in [1.807, 2.05) is 0 Å². The maximum Gasteiger partial charge on any atom is 0.347 e. The number of carboxylic acid groups (broad SMARTS) is 1. The van der Waals surface area contributed by atoms with Crippen LogP contribution in [0.3, 0.4) is 0 Å².